The van der Waals surface area contributed by atoms with Gasteiger partial charge in [-0.25, -0.2) is 0 Å². The van der Waals surface area contributed by atoms with Crippen LogP contribution in [0.25, 0.3) is 11.1 Å². The molecule has 0 aromatic heterocycles. The molecule has 5 heteroatoms. The first-order valence-corrected chi connectivity index (χ1v) is 12.3. The van der Waals surface area contributed by atoms with Gasteiger partial charge in [0.05, 0.1) is 7.11 Å². The minimum absolute atomic E-state index is 0.0406. The number of ether oxygens (including phenoxy) is 2. The van der Waals surface area contributed by atoms with Crippen molar-refractivity contribution >= 4 is 11.6 Å². The monoisotopic (exact) mass is 478 g/mol. The summed E-state index contributed by atoms with van der Waals surface area (Å²) in [6.07, 6.45) is 0. The molecule has 0 atom stereocenters. The highest BCUT2D eigenvalue weighted by atomic mass is 16.5. The maximum atomic E-state index is 13.3. The van der Waals surface area contributed by atoms with Crippen LogP contribution in [0.5, 0.6) is 11.5 Å². The summed E-state index contributed by atoms with van der Waals surface area (Å²) >= 11 is 0. The summed E-state index contributed by atoms with van der Waals surface area (Å²) in [5, 5.41) is 0. The molecule has 182 valence electrons. The summed E-state index contributed by atoms with van der Waals surface area (Å²) in [5.41, 5.74) is 5.01. The van der Waals surface area contributed by atoms with Crippen LogP contribution < -0.4 is 14.4 Å². The third kappa shape index (κ3) is 5.36. The van der Waals surface area contributed by atoms with Crippen LogP contribution >= 0.6 is 0 Å². The van der Waals surface area contributed by atoms with E-state index in [1.54, 1.807) is 7.11 Å². The standard InChI is InChI=1S/C31H30N2O3/c1-35-30-17-14-26(31(34)33-20-18-32(19-21-33)28-10-6-3-7-11-28)22-27(30)23-36-29-15-12-25(13-16-29)24-8-4-2-5-9-24/h2-17,22H,18-21,23H2,1H3. The number of benzene rings is 4. The molecule has 0 radical (unpaired) electrons. The van der Waals surface area contributed by atoms with E-state index in [0.29, 0.717) is 31.0 Å². The summed E-state index contributed by atoms with van der Waals surface area (Å²) < 4.78 is 11.6. The van der Waals surface area contributed by atoms with Crippen molar-refractivity contribution in [3.05, 3.63) is 114 Å². The Balaban J connectivity index is 1.23. The molecule has 0 unspecified atom stereocenters. The van der Waals surface area contributed by atoms with Crippen LogP contribution in [-0.2, 0) is 6.61 Å². The highest BCUT2D eigenvalue weighted by Gasteiger charge is 2.23. The molecule has 0 N–H and O–H groups in total. The van der Waals surface area contributed by atoms with Gasteiger partial charge in [0.2, 0.25) is 0 Å². The van der Waals surface area contributed by atoms with E-state index in [2.05, 4.69) is 41.3 Å². The van der Waals surface area contributed by atoms with Crippen molar-refractivity contribution in [3.63, 3.8) is 0 Å². The smallest absolute Gasteiger partial charge is 0.253 e. The van der Waals surface area contributed by atoms with Gasteiger partial charge in [-0.2, -0.15) is 0 Å². The second-order valence-electron chi connectivity index (χ2n) is 8.82. The summed E-state index contributed by atoms with van der Waals surface area (Å²) in [5.74, 6) is 1.52. The normalized spacial score (nSPS) is 13.4. The van der Waals surface area contributed by atoms with Gasteiger partial charge in [0.15, 0.2) is 0 Å². The average molecular weight is 479 g/mol. The van der Waals surface area contributed by atoms with Crippen molar-refractivity contribution in [3.8, 4) is 22.6 Å². The summed E-state index contributed by atoms with van der Waals surface area (Å²) in [6, 6.07) is 34.2. The predicted molar refractivity (Wildman–Crippen MR) is 144 cm³/mol. The molecule has 1 heterocycles. The van der Waals surface area contributed by atoms with Crippen LogP contribution in [0.3, 0.4) is 0 Å². The molecule has 1 amide bonds. The Labute approximate surface area is 212 Å². The van der Waals surface area contributed by atoms with Gasteiger partial charge in [0.25, 0.3) is 5.91 Å². The van der Waals surface area contributed by atoms with Crippen LogP contribution in [0.2, 0.25) is 0 Å². The zero-order valence-corrected chi connectivity index (χ0v) is 20.5. The first-order chi connectivity index (χ1) is 17.7. The minimum Gasteiger partial charge on any atom is -0.496 e. The number of methoxy groups -OCH3 is 1. The fraction of sp³-hybridized carbons (Fsp3) is 0.194. The lowest BCUT2D eigenvalue weighted by molar-refractivity contribution is 0.0746. The Bertz CT molecular complexity index is 1280. The molecule has 1 aliphatic rings. The van der Waals surface area contributed by atoms with E-state index in [1.165, 1.54) is 11.3 Å². The lowest BCUT2D eigenvalue weighted by atomic mass is 10.1. The number of carbonyl (C=O) groups excluding carboxylic acids is 1. The Morgan fingerprint density at radius 2 is 1.39 bits per heavy atom. The molecule has 4 aromatic carbocycles. The third-order valence-corrected chi connectivity index (χ3v) is 6.57. The van der Waals surface area contributed by atoms with Crippen LogP contribution in [0, 0.1) is 0 Å². The topological polar surface area (TPSA) is 42.0 Å². The van der Waals surface area contributed by atoms with Gasteiger partial charge < -0.3 is 19.3 Å². The third-order valence-electron chi connectivity index (χ3n) is 6.57. The summed E-state index contributed by atoms with van der Waals surface area (Å²) in [4.78, 5) is 17.5. The molecule has 4 aromatic rings. The summed E-state index contributed by atoms with van der Waals surface area (Å²) in [6.45, 7) is 3.34. The van der Waals surface area contributed by atoms with Crippen LogP contribution in [0.15, 0.2) is 103 Å². The number of anilines is 1. The second-order valence-corrected chi connectivity index (χ2v) is 8.82. The molecule has 1 saturated heterocycles. The molecule has 0 aliphatic carbocycles. The lowest BCUT2D eigenvalue weighted by Gasteiger charge is -2.36. The zero-order chi connectivity index (χ0) is 24.7. The molecule has 0 spiro atoms. The largest absolute Gasteiger partial charge is 0.496 e. The van der Waals surface area contributed by atoms with Crippen molar-refractivity contribution in [1.82, 2.24) is 4.90 Å². The van der Waals surface area contributed by atoms with Gasteiger partial charge in [-0.15, -0.1) is 0 Å². The van der Waals surface area contributed by atoms with E-state index in [4.69, 9.17) is 9.47 Å². The molecule has 5 nitrogen and oxygen atoms in total. The number of para-hydroxylation sites is 1. The van der Waals surface area contributed by atoms with E-state index < -0.39 is 0 Å². The van der Waals surface area contributed by atoms with Crippen molar-refractivity contribution in [2.24, 2.45) is 0 Å². The van der Waals surface area contributed by atoms with E-state index in [0.717, 1.165) is 30.0 Å². The Kier molecular flexibility index (Phi) is 7.17. The number of amides is 1. The van der Waals surface area contributed by atoms with Gasteiger partial charge in [0.1, 0.15) is 18.1 Å². The van der Waals surface area contributed by atoms with E-state index in [9.17, 15) is 4.79 Å². The van der Waals surface area contributed by atoms with Gasteiger partial charge in [-0.05, 0) is 53.6 Å². The van der Waals surface area contributed by atoms with Crippen molar-refractivity contribution in [2.75, 3.05) is 38.2 Å². The van der Waals surface area contributed by atoms with E-state index in [1.807, 2.05) is 71.6 Å². The molecular formula is C31H30N2O3. The Morgan fingerprint density at radius 3 is 2.06 bits per heavy atom. The predicted octanol–water partition coefficient (Wildman–Crippen LogP) is 5.90. The number of nitrogens with zero attached hydrogens (tertiary/aromatic N) is 2. The second kappa shape index (κ2) is 11.0. The fourth-order valence-corrected chi connectivity index (χ4v) is 4.55. The number of rotatable bonds is 7. The highest BCUT2D eigenvalue weighted by molar-refractivity contribution is 5.94. The van der Waals surface area contributed by atoms with E-state index in [-0.39, 0.29) is 5.91 Å². The quantitative estimate of drug-likeness (QED) is 0.332. The fourth-order valence-electron chi connectivity index (χ4n) is 4.55. The summed E-state index contributed by atoms with van der Waals surface area (Å²) in [7, 11) is 1.64. The van der Waals surface area contributed by atoms with Crippen molar-refractivity contribution in [2.45, 2.75) is 6.61 Å². The van der Waals surface area contributed by atoms with Crippen molar-refractivity contribution in [1.29, 1.82) is 0 Å². The number of hydrogen-bond donors (Lipinski definition) is 0. The molecular weight excluding hydrogens is 448 g/mol. The first kappa shape index (κ1) is 23.5. The number of piperazine rings is 1. The maximum absolute atomic E-state index is 13.3. The lowest BCUT2D eigenvalue weighted by Crippen LogP contribution is -2.48. The SMILES string of the molecule is COc1ccc(C(=O)N2CCN(c3ccccc3)CC2)cc1COc1ccc(-c2ccccc2)cc1. The van der Waals surface area contributed by atoms with Crippen LogP contribution in [0.1, 0.15) is 15.9 Å². The average Bonchev–Trinajstić information content (AvgIpc) is 2.97. The Morgan fingerprint density at radius 1 is 0.750 bits per heavy atom. The molecule has 36 heavy (non-hydrogen) atoms. The number of carbonyl (C=O) groups is 1. The van der Waals surface area contributed by atoms with Gasteiger partial charge >= 0.3 is 0 Å². The van der Waals surface area contributed by atoms with Gasteiger partial charge in [0, 0.05) is 43.0 Å². The Hall–Kier alpha value is -4.25. The highest BCUT2D eigenvalue weighted by Crippen LogP contribution is 2.26. The van der Waals surface area contributed by atoms with E-state index >= 15 is 0 Å². The van der Waals surface area contributed by atoms with Gasteiger partial charge in [-0.3, -0.25) is 4.79 Å². The van der Waals surface area contributed by atoms with Crippen LogP contribution in [0.4, 0.5) is 5.69 Å². The molecule has 1 fully saturated rings. The number of hydrogen-bond acceptors (Lipinski definition) is 4. The van der Waals surface area contributed by atoms with Gasteiger partial charge in [-0.1, -0.05) is 60.7 Å². The molecule has 5 rings (SSSR count). The minimum atomic E-state index is 0.0406. The maximum Gasteiger partial charge on any atom is 0.253 e. The molecule has 1 aliphatic heterocycles. The molecule has 0 saturated carbocycles. The molecule has 0 bridgehead atoms. The van der Waals surface area contributed by atoms with Crippen molar-refractivity contribution < 1.29 is 14.3 Å². The van der Waals surface area contributed by atoms with Crippen LogP contribution in [-0.4, -0.2) is 44.1 Å². The zero-order valence-electron chi connectivity index (χ0n) is 20.5. The first-order valence-electron chi connectivity index (χ1n) is 12.3.